The van der Waals surface area contributed by atoms with Crippen molar-refractivity contribution in [3.8, 4) is 0 Å². The number of amides is 2. The van der Waals surface area contributed by atoms with Crippen LogP contribution >= 0.6 is 11.6 Å². The lowest BCUT2D eigenvalue weighted by atomic mass is 10.1. The van der Waals surface area contributed by atoms with Crippen LogP contribution in [0.2, 0.25) is 5.02 Å². The molecule has 3 rings (SSSR count). The summed E-state index contributed by atoms with van der Waals surface area (Å²) >= 11 is 5.89. The largest absolute Gasteiger partial charge is 0.325 e. The van der Waals surface area contributed by atoms with Crippen molar-refractivity contribution in [2.24, 2.45) is 5.92 Å². The van der Waals surface area contributed by atoms with Crippen LogP contribution < -0.4 is 10.2 Å². The maximum Gasteiger partial charge on any atom is 0.229 e. The summed E-state index contributed by atoms with van der Waals surface area (Å²) in [6, 6.07) is 13.0. The zero-order valence-corrected chi connectivity index (χ0v) is 14.4. The molecule has 1 aliphatic heterocycles. The first-order valence-electron chi connectivity index (χ1n) is 7.88. The van der Waals surface area contributed by atoms with Crippen molar-refractivity contribution in [2.75, 3.05) is 16.8 Å². The summed E-state index contributed by atoms with van der Waals surface area (Å²) in [5.41, 5.74) is 3.64. The van der Waals surface area contributed by atoms with Gasteiger partial charge in [0.15, 0.2) is 0 Å². The fraction of sp³-hybridized carbons (Fsp3) is 0.263. The first kappa shape index (κ1) is 16.5. The monoisotopic (exact) mass is 342 g/mol. The van der Waals surface area contributed by atoms with Gasteiger partial charge < -0.3 is 10.2 Å². The second-order valence-electron chi connectivity index (χ2n) is 6.14. The van der Waals surface area contributed by atoms with Crippen LogP contribution in [0.3, 0.4) is 0 Å². The van der Waals surface area contributed by atoms with E-state index in [0.29, 0.717) is 11.6 Å². The molecule has 1 saturated heterocycles. The van der Waals surface area contributed by atoms with Crippen LogP contribution in [0.1, 0.15) is 17.5 Å². The molecule has 2 amide bonds. The molecule has 24 heavy (non-hydrogen) atoms. The smallest absolute Gasteiger partial charge is 0.229 e. The van der Waals surface area contributed by atoms with Crippen LogP contribution in [0, 0.1) is 19.8 Å². The minimum absolute atomic E-state index is 0.0426. The molecule has 0 bridgehead atoms. The number of carbonyl (C=O) groups excluding carboxylic acids is 2. The summed E-state index contributed by atoms with van der Waals surface area (Å²) in [5, 5.41) is 3.60. The van der Waals surface area contributed by atoms with Gasteiger partial charge in [0.05, 0.1) is 5.92 Å². The highest BCUT2D eigenvalue weighted by Gasteiger charge is 2.35. The number of benzene rings is 2. The van der Waals surface area contributed by atoms with Gasteiger partial charge in [0, 0.05) is 29.4 Å². The number of aryl methyl sites for hydroxylation is 2. The second kappa shape index (κ2) is 6.65. The Morgan fingerprint density at radius 3 is 2.38 bits per heavy atom. The van der Waals surface area contributed by atoms with E-state index >= 15 is 0 Å². The zero-order valence-electron chi connectivity index (χ0n) is 13.7. The predicted octanol–water partition coefficient (Wildman–Crippen LogP) is 3.95. The van der Waals surface area contributed by atoms with Gasteiger partial charge in [-0.05, 0) is 49.2 Å². The summed E-state index contributed by atoms with van der Waals surface area (Å²) < 4.78 is 0. The third-order valence-corrected chi connectivity index (χ3v) is 4.62. The van der Waals surface area contributed by atoms with Gasteiger partial charge in [-0.1, -0.05) is 29.8 Å². The van der Waals surface area contributed by atoms with Gasteiger partial charge in [-0.2, -0.15) is 0 Å². The fourth-order valence-corrected chi connectivity index (χ4v) is 3.12. The van der Waals surface area contributed by atoms with Crippen molar-refractivity contribution in [1.29, 1.82) is 0 Å². The van der Waals surface area contributed by atoms with Crippen LogP contribution in [0.5, 0.6) is 0 Å². The van der Waals surface area contributed by atoms with E-state index < -0.39 is 0 Å². The van der Waals surface area contributed by atoms with E-state index in [9.17, 15) is 9.59 Å². The Bertz CT molecular complexity index is 766. The van der Waals surface area contributed by atoms with Gasteiger partial charge in [-0.25, -0.2) is 0 Å². The van der Waals surface area contributed by atoms with Crippen molar-refractivity contribution in [2.45, 2.75) is 20.3 Å². The minimum Gasteiger partial charge on any atom is -0.325 e. The first-order chi connectivity index (χ1) is 11.5. The fourth-order valence-electron chi connectivity index (χ4n) is 2.99. The van der Waals surface area contributed by atoms with Crippen LogP contribution in [0.4, 0.5) is 11.4 Å². The van der Waals surface area contributed by atoms with Crippen molar-refractivity contribution in [3.63, 3.8) is 0 Å². The van der Waals surface area contributed by atoms with Crippen LogP contribution in [0.25, 0.3) is 0 Å². The number of rotatable bonds is 3. The Labute approximate surface area is 146 Å². The molecule has 0 saturated carbocycles. The van der Waals surface area contributed by atoms with E-state index in [4.69, 9.17) is 11.6 Å². The normalized spacial score (nSPS) is 17.2. The molecule has 0 spiro atoms. The lowest BCUT2D eigenvalue weighted by molar-refractivity contribution is -0.122. The average Bonchev–Trinajstić information content (AvgIpc) is 2.94. The van der Waals surface area contributed by atoms with Crippen molar-refractivity contribution >= 4 is 34.8 Å². The van der Waals surface area contributed by atoms with E-state index in [2.05, 4.69) is 5.32 Å². The number of carbonyl (C=O) groups is 2. The van der Waals surface area contributed by atoms with E-state index in [1.165, 1.54) is 0 Å². The lowest BCUT2D eigenvalue weighted by Gasteiger charge is -2.17. The van der Waals surface area contributed by atoms with Gasteiger partial charge in [0.25, 0.3) is 0 Å². The molecule has 1 atom stereocenters. The molecule has 0 aliphatic carbocycles. The molecular weight excluding hydrogens is 324 g/mol. The summed E-state index contributed by atoms with van der Waals surface area (Å²) in [4.78, 5) is 26.5. The molecular formula is C19H19ClN2O2. The minimum atomic E-state index is -0.354. The van der Waals surface area contributed by atoms with E-state index in [1.807, 2.05) is 32.0 Å². The molecule has 0 radical (unpaired) electrons. The summed E-state index contributed by atoms with van der Waals surface area (Å²) in [6.45, 7) is 4.31. The SMILES string of the molecule is Cc1cccc(C)c1NC(=O)[C@H]1CC(=O)N(c2ccc(Cl)cc2)C1. The molecule has 5 heteroatoms. The number of para-hydroxylation sites is 1. The van der Waals surface area contributed by atoms with Crippen molar-refractivity contribution < 1.29 is 9.59 Å². The number of hydrogen-bond acceptors (Lipinski definition) is 2. The number of nitrogens with one attached hydrogen (secondary N) is 1. The third kappa shape index (κ3) is 3.29. The molecule has 0 aromatic heterocycles. The topological polar surface area (TPSA) is 49.4 Å². The van der Waals surface area contributed by atoms with E-state index in [0.717, 1.165) is 22.5 Å². The maximum atomic E-state index is 12.6. The summed E-state index contributed by atoms with van der Waals surface area (Å²) in [6.07, 6.45) is 0.222. The quantitative estimate of drug-likeness (QED) is 0.918. The predicted molar refractivity (Wildman–Crippen MR) is 96.5 cm³/mol. The van der Waals surface area contributed by atoms with Crippen LogP contribution in [-0.2, 0) is 9.59 Å². The van der Waals surface area contributed by atoms with Crippen LogP contribution in [0.15, 0.2) is 42.5 Å². The molecule has 0 unspecified atom stereocenters. The van der Waals surface area contributed by atoms with Gasteiger partial charge in [-0.3, -0.25) is 9.59 Å². The molecule has 1 heterocycles. The number of hydrogen-bond donors (Lipinski definition) is 1. The highest BCUT2D eigenvalue weighted by Crippen LogP contribution is 2.28. The summed E-state index contributed by atoms with van der Waals surface area (Å²) in [5.74, 6) is -0.511. The molecule has 2 aromatic rings. The van der Waals surface area contributed by atoms with Crippen molar-refractivity contribution in [1.82, 2.24) is 0 Å². The standard InChI is InChI=1S/C19H19ClN2O2/c1-12-4-3-5-13(2)18(12)21-19(24)14-10-17(23)22(11-14)16-8-6-15(20)7-9-16/h3-9,14H,10-11H2,1-2H3,(H,21,24)/t14-/m0/s1. The molecule has 124 valence electrons. The van der Waals surface area contributed by atoms with Gasteiger partial charge in [0.1, 0.15) is 0 Å². The molecule has 1 aliphatic rings. The number of halogens is 1. The zero-order chi connectivity index (χ0) is 17.3. The second-order valence-corrected chi connectivity index (χ2v) is 6.57. The van der Waals surface area contributed by atoms with Gasteiger partial charge in [0.2, 0.25) is 11.8 Å². The van der Waals surface area contributed by atoms with Gasteiger partial charge in [-0.15, -0.1) is 0 Å². The molecule has 1 N–H and O–H groups in total. The Hall–Kier alpha value is -2.33. The van der Waals surface area contributed by atoms with E-state index in [1.54, 1.807) is 29.2 Å². The Balaban J connectivity index is 1.73. The van der Waals surface area contributed by atoms with Crippen LogP contribution in [-0.4, -0.2) is 18.4 Å². The molecule has 4 nitrogen and oxygen atoms in total. The highest BCUT2D eigenvalue weighted by atomic mass is 35.5. The maximum absolute atomic E-state index is 12.6. The Morgan fingerprint density at radius 2 is 1.75 bits per heavy atom. The third-order valence-electron chi connectivity index (χ3n) is 4.36. The van der Waals surface area contributed by atoms with Gasteiger partial charge >= 0.3 is 0 Å². The summed E-state index contributed by atoms with van der Waals surface area (Å²) in [7, 11) is 0. The highest BCUT2D eigenvalue weighted by molar-refractivity contribution is 6.30. The number of anilines is 2. The lowest BCUT2D eigenvalue weighted by Crippen LogP contribution is -2.28. The first-order valence-corrected chi connectivity index (χ1v) is 8.26. The Morgan fingerprint density at radius 1 is 1.12 bits per heavy atom. The average molecular weight is 343 g/mol. The van der Waals surface area contributed by atoms with E-state index in [-0.39, 0.29) is 24.2 Å². The number of nitrogens with zero attached hydrogens (tertiary/aromatic N) is 1. The van der Waals surface area contributed by atoms with Crippen molar-refractivity contribution in [3.05, 3.63) is 58.6 Å². The molecule has 1 fully saturated rings. The Kier molecular flexibility index (Phi) is 4.58. The molecule has 2 aromatic carbocycles.